The van der Waals surface area contributed by atoms with E-state index in [4.69, 9.17) is 0 Å². The van der Waals surface area contributed by atoms with Crippen LogP contribution in [0.2, 0.25) is 0 Å². The third-order valence-corrected chi connectivity index (χ3v) is 4.32. The van der Waals surface area contributed by atoms with Crippen LogP contribution in [0.5, 0.6) is 0 Å². The van der Waals surface area contributed by atoms with E-state index in [1.54, 1.807) is 23.7 Å². The zero-order valence-corrected chi connectivity index (χ0v) is 10.1. The van der Waals surface area contributed by atoms with Crippen LogP contribution in [0.25, 0.3) is 0 Å². The van der Waals surface area contributed by atoms with Crippen LogP contribution in [-0.2, 0) is 0 Å². The molecule has 0 aromatic heterocycles. The maximum atomic E-state index is 13.8. The Labute approximate surface area is 94.7 Å². The van der Waals surface area contributed by atoms with Crippen molar-refractivity contribution in [2.45, 2.75) is 18.3 Å². The first kappa shape index (κ1) is 11.2. The van der Waals surface area contributed by atoms with Crippen molar-refractivity contribution in [1.29, 1.82) is 0 Å². The highest BCUT2D eigenvalue weighted by atomic mass is 32.2. The van der Waals surface area contributed by atoms with Gasteiger partial charge in [-0.2, -0.15) is 4.39 Å². The van der Waals surface area contributed by atoms with Gasteiger partial charge in [-0.05, 0) is 33.0 Å². The molecule has 0 aliphatic carbocycles. The largest absolute Gasteiger partial charge is 0.326 e. The number of likely N-dealkylation sites (tertiary alicyclic amines) is 1. The molecule has 1 saturated heterocycles. The van der Waals surface area contributed by atoms with Crippen molar-refractivity contribution in [3.63, 3.8) is 0 Å². The van der Waals surface area contributed by atoms with Crippen LogP contribution < -0.4 is 5.32 Å². The molecule has 1 fully saturated rings. The van der Waals surface area contributed by atoms with Gasteiger partial charge in [0, 0.05) is 13.6 Å². The van der Waals surface area contributed by atoms with Gasteiger partial charge in [0.25, 0.3) is 0 Å². The van der Waals surface area contributed by atoms with Crippen molar-refractivity contribution < 1.29 is 4.39 Å². The highest BCUT2D eigenvalue weighted by Gasteiger charge is 2.30. The predicted molar refractivity (Wildman–Crippen MR) is 62.0 cm³/mol. The summed E-state index contributed by atoms with van der Waals surface area (Å²) in [6.07, 6.45) is 2.51. The van der Waals surface area contributed by atoms with E-state index in [2.05, 4.69) is 10.2 Å². The lowest BCUT2D eigenvalue weighted by Crippen LogP contribution is -2.33. The molecule has 0 amide bonds. The SMILES string of the molecule is CNC1SC(CN2CCCC2)=C(F)N1C. The number of rotatable bonds is 3. The van der Waals surface area contributed by atoms with Gasteiger partial charge in [-0.1, -0.05) is 11.8 Å². The predicted octanol–water partition coefficient (Wildman–Crippen LogP) is 1.40. The van der Waals surface area contributed by atoms with Gasteiger partial charge in [-0.15, -0.1) is 0 Å². The van der Waals surface area contributed by atoms with Crippen LogP contribution in [0.4, 0.5) is 4.39 Å². The van der Waals surface area contributed by atoms with Crippen molar-refractivity contribution in [2.75, 3.05) is 33.7 Å². The standard InChI is InChI=1S/C10H18FN3S/c1-12-10-13(2)9(11)8(15-10)7-14-5-3-4-6-14/h10,12H,3-7H2,1-2H3. The van der Waals surface area contributed by atoms with Crippen molar-refractivity contribution >= 4 is 11.8 Å². The fourth-order valence-corrected chi connectivity index (χ4v) is 3.20. The third kappa shape index (κ3) is 2.29. The smallest absolute Gasteiger partial charge is 0.202 e. The van der Waals surface area contributed by atoms with Gasteiger partial charge in [-0.3, -0.25) is 10.2 Å². The Hall–Kier alpha value is -0.260. The normalized spacial score (nSPS) is 28.2. The Morgan fingerprint density at radius 3 is 2.67 bits per heavy atom. The number of hydrogen-bond donors (Lipinski definition) is 1. The van der Waals surface area contributed by atoms with Crippen LogP contribution in [0.1, 0.15) is 12.8 Å². The zero-order valence-electron chi connectivity index (χ0n) is 9.29. The average Bonchev–Trinajstić information content (AvgIpc) is 2.82. The summed E-state index contributed by atoms with van der Waals surface area (Å²) in [6.45, 7) is 3.01. The van der Waals surface area contributed by atoms with Crippen molar-refractivity contribution in [1.82, 2.24) is 15.1 Å². The molecule has 2 aliphatic rings. The van der Waals surface area contributed by atoms with Gasteiger partial charge in [0.1, 0.15) is 5.50 Å². The fourth-order valence-electron chi connectivity index (χ4n) is 2.06. The Kier molecular flexibility index (Phi) is 3.53. The summed E-state index contributed by atoms with van der Waals surface area (Å²) in [5.74, 6) is -0.0637. The molecule has 0 saturated carbocycles. The number of thioether (sulfide) groups is 1. The molecule has 15 heavy (non-hydrogen) atoms. The van der Waals surface area contributed by atoms with E-state index < -0.39 is 0 Å². The first-order chi connectivity index (χ1) is 7.22. The highest BCUT2D eigenvalue weighted by molar-refractivity contribution is 8.03. The summed E-state index contributed by atoms with van der Waals surface area (Å²) < 4.78 is 13.8. The minimum Gasteiger partial charge on any atom is -0.326 e. The Morgan fingerprint density at radius 2 is 2.13 bits per heavy atom. The Bertz CT molecular complexity index is 263. The van der Waals surface area contributed by atoms with Gasteiger partial charge < -0.3 is 4.90 Å². The molecular weight excluding hydrogens is 213 g/mol. The molecule has 0 aromatic carbocycles. The molecule has 2 aliphatic heterocycles. The number of halogens is 1. The van der Waals surface area contributed by atoms with Crippen LogP contribution in [0.3, 0.4) is 0 Å². The lowest BCUT2D eigenvalue weighted by atomic mass is 10.4. The summed E-state index contributed by atoms with van der Waals surface area (Å²) in [7, 11) is 3.65. The maximum Gasteiger partial charge on any atom is 0.202 e. The second-order valence-electron chi connectivity index (χ2n) is 4.07. The highest BCUT2D eigenvalue weighted by Crippen LogP contribution is 2.36. The van der Waals surface area contributed by atoms with Crippen LogP contribution in [-0.4, -0.2) is 49.0 Å². The fraction of sp³-hybridized carbons (Fsp3) is 0.800. The van der Waals surface area contributed by atoms with E-state index in [9.17, 15) is 4.39 Å². The number of hydrogen-bond acceptors (Lipinski definition) is 4. The number of nitrogens with one attached hydrogen (secondary N) is 1. The molecule has 0 spiro atoms. The second-order valence-corrected chi connectivity index (χ2v) is 5.24. The summed E-state index contributed by atoms with van der Waals surface area (Å²) in [4.78, 5) is 4.86. The maximum absolute atomic E-state index is 13.8. The van der Waals surface area contributed by atoms with Gasteiger partial charge >= 0.3 is 0 Å². The van der Waals surface area contributed by atoms with Crippen molar-refractivity contribution in [3.8, 4) is 0 Å². The lowest BCUT2D eigenvalue weighted by molar-refractivity contribution is 0.285. The molecule has 1 unspecified atom stereocenters. The van der Waals surface area contributed by atoms with Crippen molar-refractivity contribution in [2.24, 2.45) is 0 Å². The van der Waals surface area contributed by atoms with Gasteiger partial charge in [0.15, 0.2) is 0 Å². The molecule has 0 bridgehead atoms. The molecule has 86 valence electrons. The summed E-state index contributed by atoms with van der Waals surface area (Å²) in [5.41, 5.74) is 0.0580. The molecule has 1 N–H and O–H groups in total. The topological polar surface area (TPSA) is 18.5 Å². The van der Waals surface area contributed by atoms with Crippen molar-refractivity contribution in [3.05, 3.63) is 10.9 Å². The zero-order chi connectivity index (χ0) is 10.8. The van der Waals surface area contributed by atoms with E-state index in [0.717, 1.165) is 24.5 Å². The Balaban J connectivity index is 1.96. The molecule has 2 rings (SSSR count). The Morgan fingerprint density at radius 1 is 1.47 bits per heavy atom. The van der Waals surface area contributed by atoms with Crippen LogP contribution in [0.15, 0.2) is 10.9 Å². The molecule has 0 radical (unpaired) electrons. The molecule has 5 heteroatoms. The minimum atomic E-state index is -0.0637. The summed E-state index contributed by atoms with van der Waals surface area (Å²) in [6, 6.07) is 0. The van der Waals surface area contributed by atoms with E-state index in [-0.39, 0.29) is 11.4 Å². The summed E-state index contributed by atoms with van der Waals surface area (Å²) in [5, 5.41) is 3.09. The third-order valence-electron chi connectivity index (χ3n) is 2.96. The van der Waals surface area contributed by atoms with E-state index >= 15 is 0 Å². The van der Waals surface area contributed by atoms with Gasteiger partial charge in [0.05, 0.1) is 4.91 Å². The molecule has 3 nitrogen and oxygen atoms in total. The minimum absolute atomic E-state index is 0.0580. The van der Waals surface area contributed by atoms with E-state index in [1.807, 2.05) is 7.05 Å². The van der Waals surface area contributed by atoms with Gasteiger partial charge in [0.2, 0.25) is 5.95 Å². The molecular formula is C10H18FN3S. The number of nitrogens with zero attached hydrogens (tertiary/aromatic N) is 2. The van der Waals surface area contributed by atoms with Gasteiger partial charge in [-0.25, -0.2) is 0 Å². The first-order valence-electron chi connectivity index (χ1n) is 5.40. The van der Waals surface area contributed by atoms with Crippen LogP contribution >= 0.6 is 11.8 Å². The molecule has 2 heterocycles. The van der Waals surface area contributed by atoms with E-state index in [1.165, 1.54) is 12.8 Å². The quantitative estimate of drug-likeness (QED) is 0.740. The van der Waals surface area contributed by atoms with Crippen LogP contribution in [0, 0.1) is 0 Å². The molecule has 1 atom stereocenters. The monoisotopic (exact) mass is 231 g/mol. The van der Waals surface area contributed by atoms with E-state index in [0.29, 0.717) is 0 Å². The average molecular weight is 231 g/mol. The lowest BCUT2D eigenvalue weighted by Gasteiger charge is -2.19. The molecule has 0 aromatic rings. The first-order valence-corrected chi connectivity index (χ1v) is 6.28. The summed E-state index contributed by atoms with van der Waals surface area (Å²) >= 11 is 1.59. The second kappa shape index (κ2) is 4.72.